The number of hydrogen-bond acceptors (Lipinski definition) is 3. The summed E-state index contributed by atoms with van der Waals surface area (Å²) in [6, 6.07) is 0. The first-order chi connectivity index (χ1) is 7.91. The Bertz CT molecular complexity index is 448. The van der Waals surface area contributed by atoms with Crippen molar-refractivity contribution in [3.8, 4) is 0 Å². The Balaban J connectivity index is 2.26. The summed E-state index contributed by atoms with van der Waals surface area (Å²) >= 11 is 0. The van der Waals surface area contributed by atoms with Gasteiger partial charge in [-0.1, -0.05) is 6.92 Å². The number of aryl methyl sites for hydroxylation is 2. The van der Waals surface area contributed by atoms with E-state index in [1.165, 1.54) is 6.42 Å². The van der Waals surface area contributed by atoms with Gasteiger partial charge in [-0.15, -0.1) is 0 Å². The van der Waals surface area contributed by atoms with Crippen molar-refractivity contribution in [1.82, 2.24) is 9.78 Å². The molecule has 1 aromatic rings. The summed E-state index contributed by atoms with van der Waals surface area (Å²) in [5.41, 5.74) is 7.24. The molecular formula is C12H21N5. The Morgan fingerprint density at radius 3 is 2.71 bits per heavy atom. The van der Waals surface area contributed by atoms with E-state index in [0.717, 1.165) is 35.5 Å². The van der Waals surface area contributed by atoms with Crippen molar-refractivity contribution in [2.24, 2.45) is 24.6 Å². The van der Waals surface area contributed by atoms with Gasteiger partial charge in [0.2, 0.25) is 0 Å². The minimum atomic E-state index is 0.0984. The molecule has 2 atom stereocenters. The molecule has 2 rings (SSSR count). The summed E-state index contributed by atoms with van der Waals surface area (Å²) in [5.74, 6) is 2.65. The Hall–Kier alpha value is -1.52. The minimum Gasteiger partial charge on any atom is -0.384 e. The maximum Gasteiger partial charge on any atom is 0.137 e. The second-order valence-corrected chi connectivity index (χ2v) is 5.17. The van der Waals surface area contributed by atoms with Gasteiger partial charge in [0.1, 0.15) is 11.7 Å². The van der Waals surface area contributed by atoms with Crippen LogP contribution in [0.3, 0.4) is 0 Å². The van der Waals surface area contributed by atoms with Crippen molar-refractivity contribution in [3.05, 3.63) is 11.3 Å². The fourth-order valence-electron chi connectivity index (χ4n) is 2.49. The third-order valence-corrected chi connectivity index (χ3v) is 3.61. The fourth-order valence-corrected chi connectivity index (χ4v) is 2.49. The van der Waals surface area contributed by atoms with E-state index in [0.29, 0.717) is 0 Å². The van der Waals surface area contributed by atoms with Crippen LogP contribution in [0.5, 0.6) is 0 Å². The van der Waals surface area contributed by atoms with Crippen molar-refractivity contribution in [1.29, 1.82) is 5.41 Å². The average Bonchev–Trinajstić information content (AvgIpc) is 2.78. The zero-order chi connectivity index (χ0) is 12.7. The molecule has 0 spiro atoms. The molecule has 94 valence electrons. The second-order valence-electron chi connectivity index (χ2n) is 5.17. The van der Waals surface area contributed by atoms with Crippen LogP contribution in [0.2, 0.25) is 0 Å². The SMILES string of the molecule is Cc1nn(C)c(N(C)CC2CC2C)c1C(=N)N. The molecule has 1 heterocycles. The van der Waals surface area contributed by atoms with Gasteiger partial charge in [0.25, 0.3) is 0 Å². The van der Waals surface area contributed by atoms with Gasteiger partial charge >= 0.3 is 0 Å². The third-order valence-electron chi connectivity index (χ3n) is 3.61. The van der Waals surface area contributed by atoms with E-state index in [1.54, 1.807) is 0 Å². The van der Waals surface area contributed by atoms with E-state index in [1.807, 2.05) is 25.7 Å². The molecule has 0 aliphatic heterocycles. The third kappa shape index (κ3) is 2.14. The largest absolute Gasteiger partial charge is 0.384 e. The van der Waals surface area contributed by atoms with Gasteiger partial charge in [0.15, 0.2) is 0 Å². The lowest BCUT2D eigenvalue weighted by atomic mass is 10.2. The highest BCUT2D eigenvalue weighted by atomic mass is 15.4. The Morgan fingerprint density at radius 2 is 2.24 bits per heavy atom. The molecule has 5 nitrogen and oxygen atoms in total. The molecule has 5 heteroatoms. The van der Waals surface area contributed by atoms with Crippen molar-refractivity contribution in [2.75, 3.05) is 18.5 Å². The number of amidine groups is 1. The van der Waals surface area contributed by atoms with Crippen molar-refractivity contribution >= 4 is 11.7 Å². The Morgan fingerprint density at radius 1 is 1.65 bits per heavy atom. The van der Waals surface area contributed by atoms with Crippen LogP contribution in [0, 0.1) is 24.2 Å². The highest BCUT2D eigenvalue weighted by molar-refractivity contribution is 6.00. The number of anilines is 1. The normalized spacial score (nSPS) is 22.6. The topological polar surface area (TPSA) is 70.9 Å². The number of hydrogen-bond donors (Lipinski definition) is 2. The van der Waals surface area contributed by atoms with Gasteiger partial charge in [0.05, 0.1) is 11.3 Å². The Labute approximate surface area is 102 Å². The first-order valence-electron chi connectivity index (χ1n) is 6.01. The predicted molar refractivity (Wildman–Crippen MR) is 69.5 cm³/mol. The number of nitrogen functional groups attached to an aromatic ring is 1. The lowest BCUT2D eigenvalue weighted by Gasteiger charge is -2.20. The predicted octanol–water partition coefficient (Wildman–Crippen LogP) is 1.10. The molecule has 3 N–H and O–H groups in total. The van der Waals surface area contributed by atoms with Crippen LogP contribution in [0.15, 0.2) is 0 Å². The summed E-state index contributed by atoms with van der Waals surface area (Å²) in [6.45, 7) is 5.19. The van der Waals surface area contributed by atoms with Crippen LogP contribution in [0.25, 0.3) is 0 Å². The summed E-state index contributed by atoms with van der Waals surface area (Å²) in [4.78, 5) is 2.17. The molecule has 0 amide bonds. The van der Waals surface area contributed by atoms with E-state index < -0.39 is 0 Å². The maximum absolute atomic E-state index is 7.66. The van der Waals surface area contributed by atoms with Crippen LogP contribution in [-0.4, -0.2) is 29.2 Å². The van der Waals surface area contributed by atoms with E-state index in [9.17, 15) is 0 Å². The zero-order valence-corrected chi connectivity index (χ0v) is 11.0. The molecule has 17 heavy (non-hydrogen) atoms. The smallest absolute Gasteiger partial charge is 0.137 e. The van der Waals surface area contributed by atoms with Gasteiger partial charge in [-0.2, -0.15) is 5.10 Å². The van der Waals surface area contributed by atoms with Crippen LogP contribution in [0.1, 0.15) is 24.6 Å². The average molecular weight is 235 g/mol. The molecule has 0 saturated heterocycles. The van der Waals surface area contributed by atoms with Gasteiger partial charge in [0, 0.05) is 20.6 Å². The van der Waals surface area contributed by atoms with Crippen LogP contribution in [0.4, 0.5) is 5.82 Å². The monoisotopic (exact) mass is 235 g/mol. The fraction of sp³-hybridized carbons (Fsp3) is 0.667. The molecule has 1 aliphatic rings. The second kappa shape index (κ2) is 4.05. The van der Waals surface area contributed by atoms with E-state index in [4.69, 9.17) is 11.1 Å². The molecular weight excluding hydrogens is 214 g/mol. The summed E-state index contributed by atoms with van der Waals surface area (Å²) < 4.78 is 1.82. The van der Waals surface area contributed by atoms with Crippen molar-refractivity contribution in [2.45, 2.75) is 20.3 Å². The molecule has 1 saturated carbocycles. The number of nitrogens with one attached hydrogen (secondary N) is 1. The van der Waals surface area contributed by atoms with Gasteiger partial charge in [-0.05, 0) is 25.2 Å². The van der Waals surface area contributed by atoms with Crippen LogP contribution < -0.4 is 10.6 Å². The Kier molecular flexibility index (Phi) is 2.85. The molecule has 1 aliphatic carbocycles. The molecule has 0 bridgehead atoms. The first kappa shape index (κ1) is 12.0. The molecule has 1 aromatic heterocycles. The van der Waals surface area contributed by atoms with Gasteiger partial charge < -0.3 is 10.6 Å². The minimum absolute atomic E-state index is 0.0984. The van der Waals surface area contributed by atoms with Crippen molar-refractivity contribution < 1.29 is 0 Å². The molecule has 0 aromatic carbocycles. The number of aromatic nitrogens is 2. The lowest BCUT2D eigenvalue weighted by molar-refractivity contribution is 0.681. The summed E-state index contributed by atoms with van der Waals surface area (Å²) in [7, 11) is 3.95. The highest BCUT2D eigenvalue weighted by Crippen LogP contribution is 2.39. The number of nitrogens with two attached hydrogens (primary N) is 1. The van der Waals surface area contributed by atoms with E-state index in [-0.39, 0.29) is 5.84 Å². The maximum atomic E-state index is 7.66. The van der Waals surface area contributed by atoms with Crippen LogP contribution in [-0.2, 0) is 7.05 Å². The van der Waals surface area contributed by atoms with E-state index in [2.05, 4.69) is 16.9 Å². The van der Waals surface area contributed by atoms with Gasteiger partial charge in [-0.25, -0.2) is 0 Å². The highest BCUT2D eigenvalue weighted by Gasteiger charge is 2.34. The lowest BCUT2D eigenvalue weighted by Crippen LogP contribution is -2.26. The summed E-state index contributed by atoms with van der Waals surface area (Å²) in [5, 5.41) is 12.0. The summed E-state index contributed by atoms with van der Waals surface area (Å²) in [6.07, 6.45) is 1.30. The molecule has 2 unspecified atom stereocenters. The van der Waals surface area contributed by atoms with Crippen LogP contribution >= 0.6 is 0 Å². The zero-order valence-electron chi connectivity index (χ0n) is 11.0. The standard InChI is InChI=1S/C12H21N5/c1-7-5-9(7)6-16(3)12-10(11(13)14)8(2)15-17(12)4/h7,9H,5-6H2,1-4H3,(H3,13,14). The van der Waals surface area contributed by atoms with E-state index >= 15 is 0 Å². The van der Waals surface area contributed by atoms with Gasteiger partial charge in [-0.3, -0.25) is 10.1 Å². The van der Waals surface area contributed by atoms with Crippen molar-refractivity contribution in [3.63, 3.8) is 0 Å². The number of rotatable bonds is 4. The molecule has 0 radical (unpaired) electrons. The quantitative estimate of drug-likeness (QED) is 0.606. The first-order valence-corrected chi connectivity index (χ1v) is 6.01. The number of nitrogens with zero attached hydrogens (tertiary/aromatic N) is 3. The molecule has 1 fully saturated rings.